The first kappa shape index (κ1) is 28.0. The van der Waals surface area contributed by atoms with E-state index < -0.39 is 0 Å². The number of amides is 1. The van der Waals surface area contributed by atoms with Gasteiger partial charge in [0.2, 0.25) is 0 Å². The fraction of sp³-hybridized carbons (Fsp3) is 0.550. The summed E-state index contributed by atoms with van der Waals surface area (Å²) in [4.78, 5) is 15.7. The number of nitrogens with one attached hydrogen (secondary N) is 2. The van der Waals surface area contributed by atoms with Crippen LogP contribution in [0.3, 0.4) is 0 Å². The number of aromatic nitrogens is 1. The molecular weight excluding hydrogens is 374 g/mol. The Morgan fingerprint density at radius 2 is 1.86 bits per heavy atom. The summed E-state index contributed by atoms with van der Waals surface area (Å²) >= 11 is 1.44. The van der Waals surface area contributed by atoms with Gasteiger partial charge in [0.05, 0.1) is 15.9 Å². The van der Waals surface area contributed by atoms with Crippen LogP contribution in [0, 0.1) is 12.8 Å². The van der Waals surface area contributed by atoms with E-state index in [0.29, 0.717) is 17.6 Å². The summed E-state index contributed by atoms with van der Waals surface area (Å²) in [7, 11) is 3.25. The summed E-state index contributed by atoms with van der Waals surface area (Å²) in [6, 6.07) is 3.76. The van der Waals surface area contributed by atoms with E-state index in [2.05, 4.69) is 25.6 Å². The number of hydrazone groups is 1. The van der Waals surface area contributed by atoms with Crippen LogP contribution in [0.2, 0.25) is 0 Å². The molecule has 0 saturated heterocycles. The van der Waals surface area contributed by atoms with Crippen LogP contribution in [-0.2, 0) is 9.53 Å². The van der Waals surface area contributed by atoms with Gasteiger partial charge in [0.15, 0.2) is 5.13 Å². The number of nitrogen functional groups attached to an aromatic ring is 1. The van der Waals surface area contributed by atoms with E-state index in [1.807, 2.05) is 60.6 Å². The van der Waals surface area contributed by atoms with Crippen molar-refractivity contribution in [2.75, 3.05) is 31.9 Å². The average Bonchev–Trinajstić information content (AvgIpc) is 3.07. The minimum absolute atomic E-state index is 0.211. The fourth-order valence-corrected chi connectivity index (χ4v) is 2.61. The smallest absolute Gasteiger partial charge is 0.264 e. The molecule has 0 unspecified atom stereocenters. The van der Waals surface area contributed by atoms with E-state index >= 15 is 0 Å². The van der Waals surface area contributed by atoms with Crippen LogP contribution < -0.4 is 16.5 Å². The van der Waals surface area contributed by atoms with Crippen molar-refractivity contribution in [2.45, 2.75) is 48.5 Å². The minimum atomic E-state index is -0.211. The summed E-state index contributed by atoms with van der Waals surface area (Å²) < 4.78 is 5.27. The second-order valence-corrected chi connectivity index (χ2v) is 6.59. The lowest BCUT2D eigenvalue weighted by Gasteiger charge is -2.06. The maximum Gasteiger partial charge on any atom is 0.264 e. The van der Waals surface area contributed by atoms with Crippen molar-refractivity contribution in [1.29, 1.82) is 0 Å². The highest BCUT2D eigenvalue weighted by molar-refractivity contribution is 7.22. The molecule has 1 aromatic heterocycles. The van der Waals surface area contributed by atoms with Crippen molar-refractivity contribution >= 4 is 44.5 Å². The van der Waals surface area contributed by atoms with Gasteiger partial charge in [0.25, 0.3) is 5.91 Å². The summed E-state index contributed by atoms with van der Waals surface area (Å²) in [5, 5.41) is 7.27. The summed E-state index contributed by atoms with van der Waals surface area (Å²) in [6.45, 7) is 14.7. The Labute approximate surface area is 173 Å². The van der Waals surface area contributed by atoms with Crippen LogP contribution in [-0.4, -0.2) is 37.9 Å². The van der Waals surface area contributed by atoms with Crippen LogP contribution in [0.15, 0.2) is 17.2 Å². The molecule has 0 spiro atoms. The zero-order valence-electron chi connectivity index (χ0n) is 18.7. The Bertz CT molecular complexity index is 699. The number of rotatable bonds is 5. The molecule has 1 amide bonds. The van der Waals surface area contributed by atoms with E-state index in [0.717, 1.165) is 21.5 Å². The zero-order valence-corrected chi connectivity index (χ0v) is 19.5. The Morgan fingerprint density at radius 3 is 2.39 bits per heavy atom. The molecule has 0 aliphatic carbocycles. The number of hydrogen-bond donors (Lipinski definition) is 3. The Balaban J connectivity index is 0. The van der Waals surface area contributed by atoms with Gasteiger partial charge in [-0.15, -0.1) is 0 Å². The predicted molar refractivity (Wildman–Crippen MR) is 124 cm³/mol. The van der Waals surface area contributed by atoms with E-state index in [-0.39, 0.29) is 5.91 Å². The number of fused-ring (bicyclic) bond motifs is 1. The second-order valence-electron chi connectivity index (χ2n) is 5.56. The number of ether oxygens (including phenoxy) is 1. The average molecular weight is 412 g/mol. The molecule has 4 N–H and O–H groups in total. The number of methoxy groups -OCH3 is 1. The molecule has 1 aromatic carbocycles. The van der Waals surface area contributed by atoms with Crippen molar-refractivity contribution in [1.82, 2.24) is 10.3 Å². The standard InChI is InChI=1S/C14H19N5OS.C2H6O.2C2H6/c1-8(2)6-16-12(20)7-17-19-10-4-5-11-13(9(10)3)21-14(15)18-11;1-3-2;2*1-2/h4-5,7-8,19H,6H2,1-3H3,(H2,15,18)(H,16,20);1-2H3;2*1-2H3/b17-7+;;;. The summed E-state index contributed by atoms with van der Waals surface area (Å²) in [6.07, 6.45) is 1.24. The summed E-state index contributed by atoms with van der Waals surface area (Å²) in [5.41, 5.74) is 11.3. The van der Waals surface area contributed by atoms with E-state index in [1.54, 1.807) is 14.2 Å². The molecule has 0 aliphatic heterocycles. The van der Waals surface area contributed by atoms with Gasteiger partial charge in [0, 0.05) is 20.8 Å². The molecule has 0 aliphatic rings. The first-order chi connectivity index (χ1) is 13.4. The first-order valence-electron chi connectivity index (χ1n) is 9.51. The molecule has 8 heteroatoms. The van der Waals surface area contributed by atoms with Gasteiger partial charge in [-0.05, 0) is 30.5 Å². The lowest BCUT2D eigenvalue weighted by molar-refractivity contribution is -0.114. The van der Waals surface area contributed by atoms with E-state index in [4.69, 9.17) is 5.73 Å². The van der Waals surface area contributed by atoms with Gasteiger partial charge in [0.1, 0.15) is 6.21 Å². The lowest BCUT2D eigenvalue weighted by atomic mass is 10.2. The highest BCUT2D eigenvalue weighted by Crippen LogP contribution is 2.31. The maximum absolute atomic E-state index is 11.5. The quantitative estimate of drug-likeness (QED) is 0.490. The predicted octanol–water partition coefficient (Wildman–Crippen LogP) is 4.67. The Morgan fingerprint density at radius 1 is 1.29 bits per heavy atom. The number of nitrogens with two attached hydrogens (primary N) is 1. The number of anilines is 2. The molecule has 0 saturated carbocycles. The van der Waals surface area contributed by atoms with Gasteiger partial charge in [-0.1, -0.05) is 52.9 Å². The number of carbonyl (C=O) groups is 1. The molecule has 160 valence electrons. The van der Waals surface area contributed by atoms with Crippen LogP contribution in [0.1, 0.15) is 47.1 Å². The number of thiazole rings is 1. The number of hydrogen-bond acceptors (Lipinski definition) is 7. The van der Waals surface area contributed by atoms with Crippen molar-refractivity contribution in [3.05, 3.63) is 17.7 Å². The largest absolute Gasteiger partial charge is 0.388 e. The zero-order chi connectivity index (χ0) is 22.1. The third-order valence-electron chi connectivity index (χ3n) is 2.87. The molecule has 0 fully saturated rings. The lowest BCUT2D eigenvalue weighted by Crippen LogP contribution is -2.28. The van der Waals surface area contributed by atoms with Gasteiger partial charge in [-0.25, -0.2) is 4.98 Å². The third-order valence-corrected chi connectivity index (χ3v) is 3.89. The second kappa shape index (κ2) is 16.9. The fourth-order valence-electron chi connectivity index (χ4n) is 1.77. The number of benzene rings is 1. The highest BCUT2D eigenvalue weighted by atomic mass is 32.1. The molecule has 28 heavy (non-hydrogen) atoms. The SMILES string of the molecule is CC.CC.COC.Cc1c(N/N=C/C(=O)NCC(C)C)ccc2nc(N)sc12. The van der Waals surface area contributed by atoms with Crippen LogP contribution in [0.5, 0.6) is 0 Å². The maximum atomic E-state index is 11.5. The van der Waals surface area contributed by atoms with E-state index in [9.17, 15) is 4.79 Å². The molecular formula is C20H37N5O2S. The minimum Gasteiger partial charge on any atom is -0.388 e. The Hall–Kier alpha value is -2.19. The number of aryl methyl sites for hydroxylation is 1. The van der Waals surface area contributed by atoms with Crippen molar-refractivity contribution in [3.63, 3.8) is 0 Å². The van der Waals surface area contributed by atoms with Crippen LogP contribution >= 0.6 is 11.3 Å². The number of carbonyl (C=O) groups excluding carboxylic acids is 1. The van der Waals surface area contributed by atoms with Crippen molar-refractivity contribution in [3.8, 4) is 0 Å². The monoisotopic (exact) mass is 411 g/mol. The van der Waals surface area contributed by atoms with Crippen molar-refractivity contribution in [2.24, 2.45) is 11.0 Å². The third kappa shape index (κ3) is 10.8. The molecule has 2 rings (SSSR count). The normalized spacial score (nSPS) is 9.64. The van der Waals surface area contributed by atoms with Crippen molar-refractivity contribution < 1.29 is 9.53 Å². The van der Waals surface area contributed by atoms with Gasteiger partial charge >= 0.3 is 0 Å². The van der Waals surface area contributed by atoms with Crippen LogP contribution in [0.25, 0.3) is 10.2 Å². The molecule has 7 nitrogen and oxygen atoms in total. The highest BCUT2D eigenvalue weighted by Gasteiger charge is 2.07. The molecule has 0 bridgehead atoms. The first-order valence-corrected chi connectivity index (χ1v) is 10.3. The molecule has 2 aromatic rings. The number of nitrogens with zero attached hydrogens (tertiary/aromatic N) is 2. The molecule has 1 heterocycles. The van der Waals surface area contributed by atoms with E-state index in [1.165, 1.54) is 17.6 Å². The van der Waals surface area contributed by atoms with Gasteiger partial charge in [-0.2, -0.15) is 5.10 Å². The van der Waals surface area contributed by atoms with Crippen LogP contribution in [0.4, 0.5) is 10.8 Å². The molecule has 0 atom stereocenters. The van der Waals surface area contributed by atoms with Gasteiger partial charge < -0.3 is 15.8 Å². The Kier molecular flexibility index (Phi) is 17.0. The molecule has 0 radical (unpaired) electrons. The van der Waals surface area contributed by atoms with Gasteiger partial charge in [-0.3, -0.25) is 10.2 Å². The summed E-state index contributed by atoms with van der Waals surface area (Å²) in [5.74, 6) is 0.203. The topological polar surface area (TPSA) is 102 Å².